The first-order valence-electron chi connectivity index (χ1n) is 14.2. The van der Waals surface area contributed by atoms with Crippen LogP contribution in [0.4, 0.5) is 0 Å². The number of hydrogen-bond donors (Lipinski definition) is 9. The number of phenolic OH excluding ortho intramolecular Hbond substituents is 1. The van der Waals surface area contributed by atoms with Crippen LogP contribution in [-0.2, 0) is 36.8 Å². The summed E-state index contributed by atoms with van der Waals surface area (Å²) in [4.78, 5) is 66.1. The monoisotopic (exact) mass is 609 g/mol. The Morgan fingerprint density at radius 1 is 0.818 bits per heavy atom. The van der Waals surface area contributed by atoms with Gasteiger partial charge in [0.2, 0.25) is 23.6 Å². The highest BCUT2D eigenvalue weighted by molar-refractivity contribution is 5.95. The van der Waals surface area contributed by atoms with E-state index < -0.39 is 60.2 Å². The number of hydrogen-bond acceptors (Lipinski definition) is 8. The summed E-state index contributed by atoms with van der Waals surface area (Å²) < 4.78 is 0. The molecule has 0 saturated heterocycles. The number of benzene rings is 2. The van der Waals surface area contributed by atoms with E-state index in [1.54, 1.807) is 18.3 Å². The van der Waals surface area contributed by atoms with Gasteiger partial charge < -0.3 is 48.3 Å². The molecule has 14 heteroatoms. The van der Waals surface area contributed by atoms with Crippen molar-refractivity contribution in [3.63, 3.8) is 0 Å². The summed E-state index contributed by atoms with van der Waals surface area (Å²) in [5, 5.41) is 27.4. The lowest BCUT2D eigenvalue weighted by Crippen LogP contribution is -2.58. The van der Waals surface area contributed by atoms with Gasteiger partial charge in [0.05, 0.1) is 12.5 Å². The van der Waals surface area contributed by atoms with Crippen LogP contribution in [0.5, 0.6) is 5.75 Å². The quantitative estimate of drug-likeness (QED) is 0.0895. The number of carboxylic acids is 1. The number of amides is 4. The Morgan fingerprint density at radius 2 is 1.45 bits per heavy atom. The number of primary amides is 1. The molecule has 4 amide bonds. The molecule has 0 spiro atoms. The Bertz CT molecular complexity index is 1460. The summed E-state index contributed by atoms with van der Waals surface area (Å²) in [6, 6.07) is 8.63. The second-order valence-corrected chi connectivity index (χ2v) is 10.5. The van der Waals surface area contributed by atoms with Crippen LogP contribution < -0.4 is 33.2 Å². The van der Waals surface area contributed by atoms with Crippen LogP contribution >= 0.6 is 0 Å². The summed E-state index contributed by atoms with van der Waals surface area (Å²) in [5.74, 6) is -4.46. The smallest absolute Gasteiger partial charge is 0.326 e. The van der Waals surface area contributed by atoms with Crippen molar-refractivity contribution in [1.82, 2.24) is 20.9 Å². The number of carboxylic acid groups (broad SMARTS) is 1. The molecule has 236 valence electrons. The number of fused-ring (bicyclic) bond motifs is 1. The summed E-state index contributed by atoms with van der Waals surface area (Å²) in [6.07, 6.45) is 2.34. The molecule has 3 aromatic rings. The zero-order valence-electron chi connectivity index (χ0n) is 24.1. The number of aliphatic carboxylic acids is 1. The molecule has 12 N–H and O–H groups in total. The van der Waals surface area contributed by atoms with Crippen molar-refractivity contribution in [2.24, 2.45) is 17.2 Å². The number of para-hydroxylation sites is 1. The number of nitrogens with one attached hydrogen (secondary N) is 4. The summed E-state index contributed by atoms with van der Waals surface area (Å²) in [5.41, 5.74) is 19.1. The second kappa shape index (κ2) is 16.0. The van der Waals surface area contributed by atoms with Gasteiger partial charge in [0.25, 0.3) is 0 Å². The number of H-pyrrole nitrogens is 1. The van der Waals surface area contributed by atoms with E-state index in [9.17, 15) is 34.2 Å². The summed E-state index contributed by atoms with van der Waals surface area (Å²) in [6.45, 7) is 0.333. The highest BCUT2D eigenvalue weighted by Gasteiger charge is 2.31. The summed E-state index contributed by atoms with van der Waals surface area (Å²) in [7, 11) is 0. The zero-order chi connectivity index (χ0) is 32.2. The van der Waals surface area contributed by atoms with Gasteiger partial charge in [0.15, 0.2) is 0 Å². The Morgan fingerprint density at radius 3 is 2.11 bits per heavy atom. The molecule has 0 saturated carbocycles. The van der Waals surface area contributed by atoms with Crippen LogP contribution in [0, 0.1) is 0 Å². The lowest BCUT2D eigenvalue weighted by Gasteiger charge is -2.25. The van der Waals surface area contributed by atoms with Crippen LogP contribution in [0.3, 0.4) is 0 Å². The molecule has 14 nitrogen and oxygen atoms in total. The summed E-state index contributed by atoms with van der Waals surface area (Å²) >= 11 is 0. The molecule has 0 aliphatic carbocycles. The molecular formula is C30H39N7O7. The van der Waals surface area contributed by atoms with E-state index in [0.717, 1.165) is 16.5 Å². The van der Waals surface area contributed by atoms with Gasteiger partial charge in [-0.05, 0) is 61.6 Å². The minimum absolute atomic E-state index is 0.0457. The Hall–Kier alpha value is -4.95. The Kier molecular flexibility index (Phi) is 12.2. The fraction of sp³-hybridized carbons (Fsp3) is 0.367. The molecule has 4 atom stereocenters. The van der Waals surface area contributed by atoms with Crippen molar-refractivity contribution in [2.45, 2.75) is 62.7 Å². The van der Waals surface area contributed by atoms with Gasteiger partial charge in [-0.3, -0.25) is 19.2 Å². The third kappa shape index (κ3) is 9.81. The molecule has 0 aliphatic rings. The average molecular weight is 610 g/mol. The van der Waals surface area contributed by atoms with Gasteiger partial charge in [0.1, 0.15) is 23.9 Å². The molecule has 1 heterocycles. The highest BCUT2D eigenvalue weighted by Crippen LogP contribution is 2.20. The standard InChI is InChI=1S/C30H39N7O7/c31-12-4-3-7-23(28(41)37-25(30(43)44)15-26(33)39)35-29(42)24(14-18-16-34-22-6-2-1-5-20(18)22)36-27(40)21(32)13-17-8-10-19(38)11-9-17/h1-2,5-6,8-11,16,21,23-25,34,38H,3-4,7,12-15,31-32H2,(H2,33,39)(H,35,42)(H,36,40)(H,37,41)(H,43,44). The number of rotatable bonds is 17. The first kappa shape index (κ1) is 33.6. The number of carbonyl (C=O) groups is 5. The number of nitrogens with two attached hydrogens (primary N) is 3. The second-order valence-electron chi connectivity index (χ2n) is 10.5. The molecule has 1 aromatic heterocycles. The van der Waals surface area contributed by atoms with Crippen molar-refractivity contribution >= 4 is 40.5 Å². The average Bonchev–Trinajstić information content (AvgIpc) is 3.39. The van der Waals surface area contributed by atoms with Crippen LogP contribution in [0.25, 0.3) is 10.9 Å². The number of aromatic nitrogens is 1. The lowest BCUT2D eigenvalue weighted by atomic mass is 10.0. The third-order valence-electron chi connectivity index (χ3n) is 7.06. The molecule has 0 bridgehead atoms. The topological polar surface area (TPSA) is 256 Å². The predicted molar refractivity (Wildman–Crippen MR) is 162 cm³/mol. The maximum atomic E-state index is 13.7. The van der Waals surface area contributed by atoms with Gasteiger partial charge >= 0.3 is 5.97 Å². The van der Waals surface area contributed by atoms with E-state index in [0.29, 0.717) is 24.9 Å². The molecule has 0 radical (unpaired) electrons. The van der Waals surface area contributed by atoms with E-state index >= 15 is 0 Å². The van der Waals surface area contributed by atoms with Crippen LogP contribution in [0.1, 0.15) is 36.8 Å². The van der Waals surface area contributed by atoms with Crippen molar-refractivity contribution in [3.05, 3.63) is 65.9 Å². The van der Waals surface area contributed by atoms with Gasteiger partial charge in [-0.25, -0.2) is 4.79 Å². The Balaban J connectivity index is 1.83. The predicted octanol–water partition coefficient (Wildman–Crippen LogP) is -0.471. The minimum Gasteiger partial charge on any atom is -0.508 e. The van der Waals surface area contributed by atoms with Crippen molar-refractivity contribution < 1.29 is 34.2 Å². The zero-order valence-corrected chi connectivity index (χ0v) is 24.1. The normalized spacial score (nSPS) is 13.8. The maximum absolute atomic E-state index is 13.7. The van der Waals surface area contributed by atoms with E-state index in [-0.39, 0.29) is 25.0 Å². The fourth-order valence-electron chi connectivity index (χ4n) is 4.69. The molecule has 0 fully saturated rings. The van der Waals surface area contributed by atoms with Crippen molar-refractivity contribution in [1.29, 1.82) is 0 Å². The molecule has 2 aromatic carbocycles. The fourth-order valence-corrected chi connectivity index (χ4v) is 4.69. The van der Waals surface area contributed by atoms with E-state index in [1.807, 2.05) is 24.3 Å². The Labute approximate surface area is 253 Å². The van der Waals surface area contributed by atoms with Crippen molar-refractivity contribution in [2.75, 3.05) is 6.54 Å². The molecule has 3 rings (SSSR count). The van der Waals surface area contributed by atoms with Crippen molar-refractivity contribution in [3.8, 4) is 5.75 Å². The molecular weight excluding hydrogens is 570 g/mol. The largest absolute Gasteiger partial charge is 0.508 e. The van der Waals surface area contributed by atoms with E-state index in [4.69, 9.17) is 17.2 Å². The first-order valence-corrected chi connectivity index (χ1v) is 14.2. The highest BCUT2D eigenvalue weighted by atomic mass is 16.4. The minimum atomic E-state index is -1.59. The van der Waals surface area contributed by atoms with Gasteiger partial charge in [-0.15, -0.1) is 0 Å². The number of unbranched alkanes of at least 4 members (excludes halogenated alkanes) is 1. The lowest BCUT2D eigenvalue weighted by molar-refractivity contribution is -0.143. The number of carbonyl (C=O) groups excluding carboxylic acids is 4. The van der Waals surface area contributed by atoms with Crippen LogP contribution in [0.15, 0.2) is 54.7 Å². The SMILES string of the molecule is NCCCCC(NC(=O)C(Cc1c[nH]c2ccccc12)NC(=O)C(N)Cc1ccc(O)cc1)C(=O)NC(CC(N)=O)C(=O)O. The molecule has 0 aliphatic heterocycles. The van der Waals surface area contributed by atoms with Gasteiger partial charge in [-0.2, -0.15) is 0 Å². The van der Waals surface area contributed by atoms with Gasteiger partial charge in [-0.1, -0.05) is 30.3 Å². The number of phenols is 1. The van der Waals surface area contributed by atoms with Crippen LogP contribution in [0.2, 0.25) is 0 Å². The van der Waals surface area contributed by atoms with Crippen LogP contribution in [-0.4, -0.2) is 75.5 Å². The van der Waals surface area contributed by atoms with E-state index in [1.165, 1.54) is 12.1 Å². The third-order valence-corrected chi connectivity index (χ3v) is 7.06. The van der Waals surface area contributed by atoms with Gasteiger partial charge in [0, 0.05) is 23.5 Å². The first-order chi connectivity index (χ1) is 21.0. The number of aromatic hydroxyl groups is 1. The molecule has 4 unspecified atom stereocenters. The maximum Gasteiger partial charge on any atom is 0.326 e. The van der Waals surface area contributed by atoms with E-state index in [2.05, 4.69) is 20.9 Å². The molecule has 44 heavy (non-hydrogen) atoms. The number of aromatic amines is 1.